The summed E-state index contributed by atoms with van der Waals surface area (Å²) in [5.74, 6) is -2.18. The first-order chi connectivity index (χ1) is 8.36. The first-order valence-electron chi connectivity index (χ1n) is 5.29. The van der Waals surface area contributed by atoms with Gasteiger partial charge in [0, 0.05) is 4.47 Å². The zero-order valence-corrected chi connectivity index (χ0v) is 11.5. The average molecular weight is 317 g/mol. The van der Waals surface area contributed by atoms with Gasteiger partial charge in [0.2, 0.25) is 0 Å². The fourth-order valence-electron chi connectivity index (χ4n) is 1.50. The zero-order chi connectivity index (χ0) is 13.9. The van der Waals surface area contributed by atoms with E-state index in [0.29, 0.717) is 10.0 Å². The molecule has 0 aliphatic carbocycles. The third-order valence-electron chi connectivity index (χ3n) is 2.38. The monoisotopic (exact) mass is 316 g/mol. The molecule has 1 aromatic carbocycles. The van der Waals surface area contributed by atoms with E-state index < -0.39 is 18.0 Å². The fraction of sp³-hybridized carbons (Fsp3) is 0.333. The summed E-state index contributed by atoms with van der Waals surface area (Å²) >= 11 is 3.19. The van der Waals surface area contributed by atoms with Crippen LogP contribution in [0.5, 0.6) is 5.75 Å². The molecule has 2 N–H and O–H groups in total. The summed E-state index contributed by atoms with van der Waals surface area (Å²) < 4.78 is 5.91. The minimum absolute atomic E-state index is 0.0541. The van der Waals surface area contributed by atoms with Crippen molar-refractivity contribution < 1.29 is 24.5 Å². The standard InChI is InChI=1S/C12H13BrO5/c1-3-9(12(16)17)18-10-6(2)4-7(13)5-8(10)11(14)15/h4-5,9H,3H2,1-2H3,(H,14,15)(H,16,17). The summed E-state index contributed by atoms with van der Waals surface area (Å²) in [6, 6.07) is 3.07. The molecule has 0 saturated carbocycles. The Labute approximate surface area is 113 Å². The van der Waals surface area contributed by atoms with Crippen LogP contribution >= 0.6 is 15.9 Å². The van der Waals surface area contributed by atoms with E-state index in [9.17, 15) is 9.59 Å². The summed E-state index contributed by atoms with van der Waals surface area (Å²) in [5, 5.41) is 18.0. The molecule has 0 saturated heterocycles. The second-order valence-electron chi connectivity index (χ2n) is 3.76. The lowest BCUT2D eigenvalue weighted by Gasteiger charge is -2.17. The topological polar surface area (TPSA) is 83.8 Å². The van der Waals surface area contributed by atoms with Gasteiger partial charge in [-0.3, -0.25) is 0 Å². The van der Waals surface area contributed by atoms with Gasteiger partial charge in [-0.25, -0.2) is 9.59 Å². The minimum Gasteiger partial charge on any atom is -0.479 e. The third kappa shape index (κ3) is 3.22. The number of rotatable bonds is 5. The lowest BCUT2D eigenvalue weighted by molar-refractivity contribution is -0.145. The van der Waals surface area contributed by atoms with Gasteiger partial charge in [-0.2, -0.15) is 0 Å². The third-order valence-corrected chi connectivity index (χ3v) is 2.83. The van der Waals surface area contributed by atoms with Crippen LogP contribution in [0.25, 0.3) is 0 Å². The molecule has 1 atom stereocenters. The molecule has 6 heteroatoms. The van der Waals surface area contributed by atoms with E-state index in [1.165, 1.54) is 6.07 Å². The van der Waals surface area contributed by atoms with Crippen molar-refractivity contribution in [3.63, 3.8) is 0 Å². The van der Waals surface area contributed by atoms with Crippen LogP contribution in [0.3, 0.4) is 0 Å². The molecule has 1 unspecified atom stereocenters. The van der Waals surface area contributed by atoms with Crippen molar-refractivity contribution in [1.82, 2.24) is 0 Å². The highest BCUT2D eigenvalue weighted by molar-refractivity contribution is 9.10. The molecule has 0 aliphatic heterocycles. The van der Waals surface area contributed by atoms with Crippen LogP contribution in [0.1, 0.15) is 29.3 Å². The molecule has 0 heterocycles. The van der Waals surface area contributed by atoms with Crippen molar-refractivity contribution in [3.8, 4) is 5.75 Å². The van der Waals surface area contributed by atoms with Crippen LogP contribution in [0.2, 0.25) is 0 Å². The molecule has 5 nitrogen and oxygen atoms in total. The van der Waals surface area contributed by atoms with Gasteiger partial charge in [-0.15, -0.1) is 0 Å². The molecular weight excluding hydrogens is 304 g/mol. The second kappa shape index (κ2) is 5.86. The van der Waals surface area contributed by atoms with E-state index in [-0.39, 0.29) is 17.7 Å². The molecule has 0 radical (unpaired) electrons. The van der Waals surface area contributed by atoms with Gasteiger partial charge in [0.05, 0.1) is 0 Å². The maximum absolute atomic E-state index is 11.1. The van der Waals surface area contributed by atoms with Crippen LogP contribution in [-0.2, 0) is 4.79 Å². The Morgan fingerprint density at radius 1 is 1.39 bits per heavy atom. The van der Waals surface area contributed by atoms with Gasteiger partial charge in [0.15, 0.2) is 6.10 Å². The summed E-state index contributed by atoms with van der Waals surface area (Å²) in [6.07, 6.45) is -0.799. The van der Waals surface area contributed by atoms with Crippen LogP contribution < -0.4 is 4.74 Å². The Morgan fingerprint density at radius 2 is 2.00 bits per heavy atom. The van der Waals surface area contributed by atoms with Crippen molar-refractivity contribution in [1.29, 1.82) is 0 Å². The van der Waals surface area contributed by atoms with Gasteiger partial charge in [-0.05, 0) is 31.0 Å². The fourth-order valence-corrected chi connectivity index (χ4v) is 2.07. The number of carboxylic acids is 2. The van der Waals surface area contributed by atoms with Gasteiger partial charge in [0.1, 0.15) is 11.3 Å². The average Bonchev–Trinajstić information content (AvgIpc) is 2.26. The quantitative estimate of drug-likeness (QED) is 0.872. The summed E-state index contributed by atoms with van der Waals surface area (Å²) in [5.41, 5.74) is 0.517. The number of benzene rings is 1. The predicted octanol–water partition coefficient (Wildman–Crippen LogP) is 2.70. The van der Waals surface area contributed by atoms with E-state index in [4.69, 9.17) is 14.9 Å². The van der Waals surface area contributed by atoms with E-state index >= 15 is 0 Å². The van der Waals surface area contributed by atoms with Crippen molar-refractivity contribution in [2.45, 2.75) is 26.4 Å². The maximum atomic E-state index is 11.1. The zero-order valence-electron chi connectivity index (χ0n) is 9.94. The molecule has 1 rings (SSSR count). The van der Waals surface area contributed by atoms with E-state index in [1.807, 2.05) is 0 Å². The highest BCUT2D eigenvalue weighted by Crippen LogP contribution is 2.29. The van der Waals surface area contributed by atoms with Crippen molar-refractivity contribution in [2.75, 3.05) is 0 Å². The summed E-state index contributed by atoms with van der Waals surface area (Å²) in [4.78, 5) is 22.0. The number of hydrogen-bond donors (Lipinski definition) is 2. The molecule has 0 spiro atoms. The Bertz CT molecular complexity index is 484. The maximum Gasteiger partial charge on any atom is 0.344 e. The number of carbonyl (C=O) groups is 2. The number of aliphatic carboxylic acids is 1. The van der Waals surface area contributed by atoms with Gasteiger partial charge in [0.25, 0.3) is 0 Å². The predicted molar refractivity (Wildman–Crippen MR) is 68.2 cm³/mol. The van der Waals surface area contributed by atoms with E-state index in [2.05, 4.69) is 15.9 Å². The molecule has 0 bridgehead atoms. The lowest BCUT2D eigenvalue weighted by atomic mass is 10.1. The Balaban J connectivity index is 3.22. The van der Waals surface area contributed by atoms with Gasteiger partial charge < -0.3 is 14.9 Å². The van der Waals surface area contributed by atoms with Crippen LogP contribution in [0.15, 0.2) is 16.6 Å². The highest BCUT2D eigenvalue weighted by atomic mass is 79.9. The lowest BCUT2D eigenvalue weighted by Crippen LogP contribution is -2.27. The minimum atomic E-state index is -1.16. The summed E-state index contributed by atoms with van der Waals surface area (Å²) in [6.45, 7) is 3.33. The van der Waals surface area contributed by atoms with E-state index in [1.54, 1.807) is 19.9 Å². The van der Waals surface area contributed by atoms with Crippen molar-refractivity contribution >= 4 is 27.9 Å². The van der Waals surface area contributed by atoms with Crippen LogP contribution in [0.4, 0.5) is 0 Å². The number of aromatic carboxylic acids is 1. The first-order valence-corrected chi connectivity index (χ1v) is 6.09. The number of ether oxygens (including phenoxy) is 1. The molecule has 98 valence electrons. The van der Waals surface area contributed by atoms with Crippen molar-refractivity contribution in [2.24, 2.45) is 0 Å². The number of hydrogen-bond acceptors (Lipinski definition) is 3. The molecule has 0 aliphatic rings. The largest absolute Gasteiger partial charge is 0.479 e. The van der Waals surface area contributed by atoms with Gasteiger partial charge in [-0.1, -0.05) is 22.9 Å². The molecule has 0 aromatic heterocycles. The highest BCUT2D eigenvalue weighted by Gasteiger charge is 2.22. The molecule has 1 aromatic rings. The SMILES string of the molecule is CCC(Oc1c(C)cc(Br)cc1C(=O)O)C(=O)O. The first kappa shape index (κ1) is 14.5. The normalized spacial score (nSPS) is 11.9. The number of halogens is 1. The second-order valence-corrected chi connectivity index (χ2v) is 4.67. The summed E-state index contributed by atoms with van der Waals surface area (Å²) in [7, 11) is 0. The smallest absolute Gasteiger partial charge is 0.344 e. The van der Waals surface area contributed by atoms with E-state index in [0.717, 1.165) is 0 Å². The van der Waals surface area contributed by atoms with Crippen LogP contribution in [0, 0.1) is 6.92 Å². The van der Waals surface area contributed by atoms with Crippen LogP contribution in [-0.4, -0.2) is 28.3 Å². The Hall–Kier alpha value is -1.56. The number of aryl methyl sites for hydroxylation is 1. The van der Waals surface area contributed by atoms with Crippen molar-refractivity contribution in [3.05, 3.63) is 27.7 Å². The Morgan fingerprint density at radius 3 is 2.44 bits per heavy atom. The molecule has 18 heavy (non-hydrogen) atoms. The Kier molecular flexibility index (Phi) is 4.72. The molecule has 0 amide bonds. The van der Waals surface area contributed by atoms with Gasteiger partial charge >= 0.3 is 11.9 Å². The molecular formula is C12H13BrO5. The number of carboxylic acid groups (broad SMARTS) is 2. The molecule has 0 fully saturated rings.